The highest BCUT2D eigenvalue weighted by Crippen LogP contribution is 2.51. The third kappa shape index (κ3) is 5.76. The summed E-state index contributed by atoms with van der Waals surface area (Å²) >= 11 is 0. The zero-order chi connectivity index (χ0) is 43.8. The van der Waals surface area contributed by atoms with Crippen molar-refractivity contribution in [2.45, 2.75) is 89.3 Å². The summed E-state index contributed by atoms with van der Waals surface area (Å²) in [5.74, 6) is -0.996. The number of nitrogens with zero attached hydrogens (tertiary/aromatic N) is 10. The molecule has 16 nitrogen and oxygen atoms in total. The van der Waals surface area contributed by atoms with Gasteiger partial charge in [0.2, 0.25) is 0 Å². The van der Waals surface area contributed by atoms with Crippen molar-refractivity contribution in [2.24, 2.45) is 0 Å². The number of hydrogen-bond acceptors (Lipinski definition) is 9. The number of aryl methyl sites for hydroxylation is 2. The largest absolute Gasteiger partial charge is 0.438 e. The summed E-state index contributed by atoms with van der Waals surface area (Å²) in [6.45, 7) is 6.84. The number of imidazole rings is 1. The van der Waals surface area contributed by atoms with Gasteiger partial charge in [-0.25, -0.2) is 23.1 Å². The van der Waals surface area contributed by atoms with Crippen molar-refractivity contribution < 1.29 is 22.8 Å². The number of ether oxygens (including phenoxy) is 1. The molecule has 1 amide bonds. The first-order chi connectivity index (χ1) is 31.0. The predicted octanol–water partition coefficient (Wildman–Crippen LogP) is 6.61. The van der Waals surface area contributed by atoms with Crippen LogP contribution in [-0.2, 0) is 16.7 Å². The van der Waals surface area contributed by atoms with Crippen molar-refractivity contribution in [3.8, 4) is 17.2 Å². The highest BCUT2D eigenvalue weighted by atomic mass is 19.1. The lowest BCUT2D eigenvalue weighted by atomic mass is 9.96. The molecule has 2 saturated carbocycles. The first-order valence-corrected chi connectivity index (χ1v) is 21.8. The van der Waals surface area contributed by atoms with Gasteiger partial charge in [-0.1, -0.05) is 5.16 Å². The lowest BCUT2D eigenvalue weighted by Crippen LogP contribution is -2.41. The minimum atomic E-state index is -0.843. The lowest BCUT2D eigenvalue weighted by molar-refractivity contribution is 0.0664. The number of halogens is 2. The van der Waals surface area contributed by atoms with Gasteiger partial charge in [-0.15, -0.1) is 0 Å². The molecule has 0 bridgehead atoms. The minimum Gasteiger partial charge on any atom is -0.381 e. The highest BCUT2D eigenvalue weighted by molar-refractivity contribution is 5.99. The van der Waals surface area contributed by atoms with Crippen molar-refractivity contribution >= 4 is 27.8 Å². The molecule has 0 radical (unpaired) electrons. The second-order valence-electron chi connectivity index (χ2n) is 17.8. The Labute approximate surface area is 362 Å². The number of hydrogen-bond donors (Lipinski definition) is 1. The van der Waals surface area contributed by atoms with Crippen LogP contribution < -0.4 is 11.4 Å². The van der Waals surface area contributed by atoms with Gasteiger partial charge in [0.15, 0.2) is 11.6 Å². The number of H-pyrrole nitrogens is 1. The van der Waals surface area contributed by atoms with Crippen molar-refractivity contribution in [3.63, 3.8) is 0 Å². The van der Waals surface area contributed by atoms with E-state index in [1.54, 1.807) is 53.9 Å². The molecule has 64 heavy (non-hydrogen) atoms. The van der Waals surface area contributed by atoms with Crippen molar-refractivity contribution in [1.82, 2.24) is 53.3 Å². The maximum atomic E-state index is 16.4. The maximum Gasteiger partial charge on any atom is 0.438 e. The van der Waals surface area contributed by atoms with Gasteiger partial charge < -0.3 is 14.2 Å². The molecule has 0 unspecified atom stereocenters. The van der Waals surface area contributed by atoms with Crippen LogP contribution in [0.2, 0.25) is 0 Å². The van der Waals surface area contributed by atoms with Crippen LogP contribution in [-0.4, -0.2) is 79.0 Å². The Bertz CT molecular complexity index is 3330. The average Bonchev–Trinajstić information content (AvgIpc) is 4.00. The van der Waals surface area contributed by atoms with E-state index in [2.05, 4.69) is 15.2 Å². The third-order valence-electron chi connectivity index (χ3n) is 13.8. The number of carbonyl (C=O) groups is 1. The molecule has 18 heteroatoms. The zero-order valence-corrected chi connectivity index (χ0v) is 35.3. The summed E-state index contributed by atoms with van der Waals surface area (Å²) in [5.41, 5.74) is 4.57. The Kier molecular flexibility index (Phi) is 8.48. The molecule has 3 fully saturated rings. The fourth-order valence-corrected chi connectivity index (χ4v) is 10.2. The third-order valence-corrected chi connectivity index (χ3v) is 13.8. The second kappa shape index (κ2) is 14.0. The number of pyridine rings is 1. The summed E-state index contributed by atoms with van der Waals surface area (Å²) < 4.78 is 50.1. The topological polar surface area (TPSA) is 169 Å². The van der Waals surface area contributed by atoms with Crippen LogP contribution in [0.15, 0.2) is 75.2 Å². The number of nitrogens with one attached hydrogen (secondary N) is 1. The summed E-state index contributed by atoms with van der Waals surface area (Å²) in [6, 6.07) is 12.2. The Hall–Kier alpha value is -6.95. The second-order valence-corrected chi connectivity index (χ2v) is 17.8. The van der Waals surface area contributed by atoms with E-state index in [1.165, 1.54) is 21.5 Å². The number of aromatic amines is 1. The quantitative estimate of drug-likeness (QED) is 0.177. The summed E-state index contributed by atoms with van der Waals surface area (Å²) in [7, 11) is 0. The normalized spacial score (nSPS) is 18.6. The summed E-state index contributed by atoms with van der Waals surface area (Å²) in [6.07, 6.45) is 9.79. The van der Waals surface area contributed by atoms with Crippen LogP contribution in [0, 0.1) is 25.5 Å². The van der Waals surface area contributed by atoms with Crippen LogP contribution >= 0.6 is 0 Å². The smallest absolute Gasteiger partial charge is 0.381 e. The van der Waals surface area contributed by atoms with Gasteiger partial charge in [-0.3, -0.25) is 33.1 Å². The number of amides is 1. The fourth-order valence-electron chi connectivity index (χ4n) is 10.2. The van der Waals surface area contributed by atoms with Gasteiger partial charge >= 0.3 is 11.4 Å². The average molecular weight is 868 g/mol. The van der Waals surface area contributed by atoms with Crippen LogP contribution in [0.1, 0.15) is 108 Å². The first-order valence-electron chi connectivity index (χ1n) is 21.8. The molecule has 0 spiro atoms. The van der Waals surface area contributed by atoms with Gasteiger partial charge in [0.05, 0.1) is 57.3 Å². The van der Waals surface area contributed by atoms with E-state index in [0.717, 1.165) is 36.9 Å². The van der Waals surface area contributed by atoms with Gasteiger partial charge in [0.25, 0.3) is 5.91 Å². The van der Waals surface area contributed by atoms with Crippen molar-refractivity contribution in [3.05, 3.63) is 133 Å². The number of benzene rings is 2. The van der Waals surface area contributed by atoms with Gasteiger partial charge in [0.1, 0.15) is 22.9 Å². The van der Waals surface area contributed by atoms with Crippen LogP contribution in [0.3, 0.4) is 0 Å². The molecule has 1 saturated heterocycles. The van der Waals surface area contributed by atoms with E-state index in [1.807, 2.05) is 34.4 Å². The summed E-state index contributed by atoms with van der Waals surface area (Å²) in [5, 5.41) is 13.9. The standard InChI is InChI=1S/C46H43F2N11O5/c1-24-20-29(21-25(2)39(24)47)59-41(56-17-16-55(45(56)62)36-9-8-34-30(40(36)48)23-49-58(34)28-4-5-28)38-26(3)54(15-10-32(38)52-59)42(60)37-22-33-35(7-6-31(50-33)27-11-18-63-19-12-27)57(37)46(13-14-46)43-51-44(61)64-53-43/h6-9,16-17,20-23,26-28H,4-5,10-15,18-19H2,1-3H3,(H,51,53,61)/t26-/m0/s1. The molecule has 12 rings (SSSR count). The molecule has 4 aliphatic rings. The minimum absolute atomic E-state index is 0.0636. The van der Waals surface area contributed by atoms with Crippen molar-refractivity contribution in [2.75, 3.05) is 19.8 Å². The molecule has 2 aromatic carbocycles. The molecule has 2 aliphatic heterocycles. The van der Waals surface area contributed by atoms with E-state index < -0.39 is 28.8 Å². The maximum absolute atomic E-state index is 16.4. The monoisotopic (exact) mass is 867 g/mol. The zero-order valence-electron chi connectivity index (χ0n) is 35.3. The van der Waals surface area contributed by atoms with Gasteiger partial charge in [-0.05, 0) is 113 Å². The highest BCUT2D eigenvalue weighted by Gasteiger charge is 2.53. The number of rotatable bonds is 8. The molecule has 6 aromatic heterocycles. The lowest BCUT2D eigenvalue weighted by Gasteiger charge is -2.34. The Morgan fingerprint density at radius 1 is 0.922 bits per heavy atom. The van der Waals surface area contributed by atoms with Crippen LogP contribution in [0.4, 0.5) is 8.78 Å². The molecular formula is C46H43F2N11O5. The van der Waals surface area contributed by atoms with E-state index in [0.29, 0.717) is 94.3 Å². The fraction of sp³-hybridized carbons (Fsp3) is 0.370. The van der Waals surface area contributed by atoms with Crippen LogP contribution in [0.5, 0.6) is 0 Å². The van der Waals surface area contributed by atoms with E-state index in [4.69, 9.17) is 19.3 Å². The Morgan fingerprint density at radius 3 is 2.39 bits per heavy atom. The molecule has 8 aromatic rings. The molecule has 1 atom stereocenters. The van der Waals surface area contributed by atoms with Crippen LogP contribution in [0.25, 0.3) is 39.1 Å². The Balaban J connectivity index is 0.992. The van der Waals surface area contributed by atoms with E-state index in [-0.39, 0.29) is 35.9 Å². The SMILES string of the molecule is Cc1cc(-n2nc3c(c2-n2ccn(-c4ccc5c(cnn5C5CC5)c4F)c2=O)[C@H](C)N(C(=O)c2cc4nc(C5CCOCC5)ccc4n2C2(c4noc(=O)[nH]4)CC2)CC3)cc(C)c1F. The molecule has 8 heterocycles. The number of fused-ring (bicyclic) bond motifs is 3. The van der Waals surface area contributed by atoms with E-state index >= 15 is 13.6 Å². The molecule has 1 N–H and O–H groups in total. The predicted molar refractivity (Wildman–Crippen MR) is 229 cm³/mol. The summed E-state index contributed by atoms with van der Waals surface area (Å²) in [4.78, 5) is 52.0. The first kappa shape index (κ1) is 38.7. The van der Waals surface area contributed by atoms with Crippen molar-refractivity contribution in [1.29, 1.82) is 0 Å². The molecule has 2 aliphatic carbocycles. The van der Waals surface area contributed by atoms with E-state index in [9.17, 15) is 9.59 Å². The molecule has 326 valence electrons. The number of aromatic nitrogens is 10. The number of carbonyl (C=O) groups excluding carboxylic acids is 1. The van der Waals surface area contributed by atoms with Gasteiger partial charge in [0, 0.05) is 55.7 Å². The Morgan fingerprint density at radius 2 is 1.67 bits per heavy atom. The molecular weight excluding hydrogens is 825 g/mol. The van der Waals surface area contributed by atoms with Gasteiger partial charge in [-0.2, -0.15) is 10.2 Å².